The Morgan fingerprint density at radius 3 is 2.50 bits per heavy atom. The van der Waals surface area contributed by atoms with Gasteiger partial charge in [0.05, 0.1) is 10.8 Å². The minimum atomic E-state index is -3.67. The summed E-state index contributed by atoms with van der Waals surface area (Å²) < 4.78 is 26.8. The molecule has 1 atom stereocenters. The molecule has 1 aromatic carbocycles. The topological polar surface area (TPSA) is 83.5 Å². The average molecular weight is 299 g/mol. The van der Waals surface area contributed by atoms with Crippen LogP contribution in [-0.2, 0) is 14.8 Å². The van der Waals surface area contributed by atoms with Gasteiger partial charge in [-0.25, -0.2) is 13.1 Å². The second kappa shape index (κ2) is 6.85. The van der Waals surface area contributed by atoms with Crippen molar-refractivity contribution in [2.75, 3.05) is 6.54 Å². The summed E-state index contributed by atoms with van der Waals surface area (Å²) in [7, 11) is -3.67. The first-order chi connectivity index (χ1) is 9.27. The van der Waals surface area contributed by atoms with Gasteiger partial charge in [-0.1, -0.05) is 31.0 Å². The van der Waals surface area contributed by atoms with E-state index in [9.17, 15) is 13.2 Å². The first-order valence-electron chi connectivity index (χ1n) is 6.57. The van der Waals surface area contributed by atoms with Gasteiger partial charge in [0, 0.05) is 6.54 Å². The van der Waals surface area contributed by atoms with E-state index in [4.69, 9.17) is 5.11 Å². The number of hydrogen-bond donors (Lipinski definition) is 2. The van der Waals surface area contributed by atoms with Crippen molar-refractivity contribution >= 4 is 16.0 Å². The zero-order valence-electron chi connectivity index (χ0n) is 12.0. The van der Waals surface area contributed by atoms with Gasteiger partial charge in [-0.3, -0.25) is 4.79 Å². The third-order valence-corrected chi connectivity index (χ3v) is 4.71. The van der Waals surface area contributed by atoms with Crippen LogP contribution in [0.25, 0.3) is 0 Å². The number of hydrogen-bond acceptors (Lipinski definition) is 3. The average Bonchev–Trinajstić information content (AvgIpc) is 2.33. The summed E-state index contributed by atoms with van der Waals surface area (Å²) in [5, 5.41) is 9.03. The van der Waals surface area contributed by atoms with Crippen LogP contribution in [0.3, 0.4) is 0 Å². The van der Waals surface area contributed by atoms with E-state index in [-0.39, 0.29) is 11.4 Å². The summed E-state index contributed by atoms with van der Waals surface area (Å²) in [6.45, 7) is 5.40. The van der Waals surface area contributed by atoms with Gasteiger partial charge in [0.1, 0.15) is 0 Å². The lowest BCUT2D eigenvalue weighted by molar-refractivity contribution is -0.141. The zero-order valence-corrected chi connectivity index (χ0v) is 12.8. The highest BCUT2D eigenvalue weighted by molar-refractivity contribution is 7.89. The number of sulfonamides is 1. The van der Waals surface area contributed by atoms with Crippen LogP contribution in [0.5, 0.6) is 0 Å². The molecule has 1 unspecified atom stereocenters. The number of benzene rings is 1. The molecular formula is C14H21NO4S. The van der Waals surface area contributed by atoms with Gasteiger partial charge >= 0.3 is 5.97 Å². The summed E-state index contributed by atoms with van der Waals surface area (Å²) >= 11 is 0. The lowest BCUT2D eigenvalue weighted by Gasteiger charge is -2.14. The van der Waals surface area contributed by atoms with Crippen molar-refractivity contribution in [3.8, 4) is 0 Å². The predicted molar refractivity (Wildman–Crippen MR) is 77.1 cm³/mol. The molecule has 0 aromatic heterocycles. The van der Waals surface area contributed by atoms with Crippen molar-refractivity contribution in [1.82, 2.24) is 4.72 Å². The fourth-order valence-electron chi connectivity index (χ4n) is 2.05. The lowest BCUT2D eigenvalue weighted by atomic mass is 10.1. The Balaban J connectivity index is 2.87. The molecule has 0 amide bonds. The Kier molecular flexibility index (Phi) is 5.71. The van der Waals surface area contributed by atoms with Crippen LogP contribution < -0.4 is 4.72 Å². The first kappa shape index (κ1) is 16.7. The molecule has 0 aliphatic heterocycles. The van der Waals surface area contributed by atoms with Crippen LogP contribution in [0.15, 0.2) is 23.1 Å². The predicted octanol–water partition coefficient (Wildman–Crippen LogP) is 2.08. The molecule has 0 bridgehead atoms. The van der Waals surface area contributed by atoms with E-state index < -0.39 is 21.9 Å². The quantitative estimate of drug-likeness (QED) is 0.807. The van der Waals surface area contributed by atoms with Gasteiger partial charge < -0.3 is 5.11 Å². The third-order valence-electron chi connectivity index (χ3n) is 3.13. The van der Waals surface area contributed by atoms with E-state index in [1.165, 1.54) is 0 Å². The van der Waals surface area contributed by atoms with Gasteiger partial charge in [0.2, 0.25) is 10.0 Å². The Hall–Kier alpha value is -1.40. The third kappa shape index (κ3) is 4.31. The molecule has 1 rings (SSSR count). The molecule has 5 nitrogen and oxygen atoms in total. The maximum atomic E-state index is 12.2. The summed E-state index contributed by atoms with van der Waals surface area (Å²) in [6.07, 6.45) is 1.15. The van der Waals surface area contributed by atoms with Crippen LogP contribution in [0.1, 0.15) is 30.9 Å². The monoisotopic (exact) mass is 299 g/mol. The molecular weight excluding hydrogens is 278 g/mol. The van der Waals surface area contributed by atoms with Crippen molar-refractivity contribution in [2.24, 2.45) is 5.92 Å². The van der Waals surface area contributed by atoms with E-state index >= 15 is 0 Å². The van der Waals surface area contributed by atoms with Crippen molar-refractivity contribution < 1.29 is 18.3 Å². The largest absolute Gasteiger partial charge is 0.481 e. The summed E-state index contributed by atoms with van der Waals surface area (Å²) in [4.78, 5) is 11.2. The molecule has 0 fully saturated rings. The molecule has 112 valence electrons. The van der Waals surface area contributed by atoms with Gasteiger partial charge in [-0.15, -0.1) is 0 Å². The Labute approximate surface area is 120 Å². The van der Waals surface area contributed by atoms with Gasteiger partial charge in [-0.2, -0.15) is 0 Å². The second-order valence-corrected chi connectivity index (χ2v) is 6.68. The fourth-order valence-corrected chi connectivity index (χ4v) is 3.36. The molecule has 20 heavy (non-hydrogen) atoms. The zero-order chi connectivity index (χ0) is 15.3. The van der Waals surface area contributed by atoms with E-state index in [1.807, 2.05) is 13.8 Å². The number of carbonyl (C=O) groups is 1. The first-order valence-corrected chi connectivity index (χ1v) is 8.06. The molecule has 0 saturated carbocycles. The molecule has 0 heterocycles. The van der Waals surface area contributed by atoms with Crippen LogP contribution in [0, 0.1) is 19.8 Å². The summed E-state index contributed by atoms with van der Waals surface area (Å²) in [6, 6.07) is 5.06. The molecule has 0 aliphatic rings. The minimum Gasteiger partial charge on any atom is -0.481 e. The fraction of sp³-hybridized carbons (Fsp3) is 0.500. The highest BCUT2D eigenvalue weighted by Gasteiger charge is 2.22. The van der Waals surface area contributed by atoms with Crippen molar-refractivity contribution in [1.29, 1.82) is 0 Å². The molecule has 0 spiro atoms. The molecule has 0 aliphatic carbocycles. The smallest absolute Gasteiger partial charge is 0.307 e. The number of aliphatic carboxylic acids is 1. The summed E-state index contributed by atoms with van der Waals surface area (Å²) in [5.74, 6) is -1.67. The van der Waals surface area contributed by atoms with E-state index in [0.717, 1.165) is 5.56 Å². The molecule has 6 heteroatoms. The summed E-state index contributed by atoms with van der Waals surface area (Å²) in [5.41, 5.74) is 1.63. The number of carboxylic acid groups (broad SMARTS) is 1. The van der Waals surface area contributed by atoms with Crippen LogP contribution in [-0.4, -0.2) is 26.0 Å². The molecule has 2 N–H and O–H groups in total. The van der Waals surface area contributed by atoms with E-state index in [2.05, 4.69) is 4.72 Å². The molecule has 0 saturated heterocycles. The Morgan fingerprint density at radius 2 is 2.00 bits per heavy atom. The maximum Gasteiger partial charge on any atom is 0.307 e. The normalized spacial score (nSPS) is 13.2. The van der Waals surface area contributed by atoms with Crippen molar-refractivity contribution in [3.63, 3.8) is 0 Å². The number of nitrogens with one attached hydrogen (secondary N) is 1. The van der Waals surface area contributed by atoms with Crippen LogP contribution in [0.4, 0.5) is 0 Å². The minimum absolute atomic E-state index is 0.0845. The molecule has 1 aromatic rings. The maximum absolute atomic E-state index is 12.2. The second-order valence-electron chi connectivity index (χ2n) is 4.94. The van der Waals surface area contributed by atoms with Crippen LogP contribution >= 0.6 is 0 Å². The number of aryl methyl sites for hydroxylation is 2. The number of carboxylic acids is 1. The van der Waals surface area contributed by atoms with E-state index in [0.29, 0.717) is 18.4 Å². The van der Waals surface area contributed by atoms with Crippen molar-refractivity contribution in [3.05, 3.63) is 29.3 Å². The van der Waals surface area contributed by atoms with Gasteiger partial charge in [-0.05, 0) is 31.9 Å². The van der Waals surface area contributed by atoms with E-state index in [1.54, 1.807) is 25.1 Å². The van der Waals surface area contributed by atoms with Crippen molar-refractivity contribution in [2.45, 2.75) is 38.5 Å². The van der Waals surface area contributed by atoms with Gasteiger partial charge in [0.15, 0.2) is 0 Å². The lowest BCUT2D eigenvalue weighted by Crippen LogP contribution is -2.33. The van der Waals surface area contributed by atoms with Gasteiger partial charge in [0.25, 0.3) is 0 Å². The van der Waals surface area contributed by atoms with Crippen LogP contribution in [0.2, 0.25) is 0 Å². The highest BCUT2D eigenvalue weighted by Crippen LogP contribution is 2.17. The SMILES string of the molecule is CCCC(CNS(=O)(=O)c1ccc(C)cc1C)C(=O)O. The Bertz CT molecular complexity index is 581. The standard InChI is InChI=1S/C14H21NO4S/c1-4-5-12(14(16)17)9-15-20(18,19)13-7-6-10(2)8-11(13)3/h6-8,12,15H,4-5,9H2,1-3H3,(H,16,17). The Morgan fingerprint density at radius 1 is 1.35 bits per heavy atom. The molecule has 0 radical (unpaired) electrons. The highest BCUT2D eigenvalue weighted by atomic mass is 32.2. The number of rotatable bonds is 7.